The molecule has 680 valence electrons. The summed E-state index contributed by atoms with van der Waals surface area (Å²) < 4.78 is 13.7. The van der Waals surface area contributed by atoms with Crippen molar-refractivity contribution < 1.29 is 4.42 Å². The lowest BCUT2D eigenvalue weighted by atomic mass is 10.0. The van der Waals surface area contributed by atoms with Crippen LogP contribution in [0.4, 0.5) is 0 Å². The van der Waals surface area contributed by atoms with Crippen molar-refractivity contribution in [2.45, 2.75) is 0 Å². The molecule has 12 heteroatoms. The van der Waals surface area contributed by atoms with E-state index >= 15 is 0 Å². The van der Waals surface area contributed by atoms with Crippen molar-refractivity contribution in [3.05, 3.63) is 504 Å². The Morgan fingerprint density at radius 1 is 0.164 bits per heavy atom. The van der Waals surface area contributed by atoms with Crippen LogP contribution in [0.25, 0.3) is 282 Å². The molecule has 9 heterocycles. The third-order valence-electron chi connectivity index (χ3n) is 28.6. The van der Waals surface area contributed by atoms with Crippen LogP contribution in [0.3, 0.4) is 0 Å². The van der Waals surface area contributed by atoms with Gasteiger partial charge >= 0.3 is 0 Å². The minimum atomic E-state index is 0.667. The third-order valence-corrected chi connectivity index (χ3v) is 28.6. The van der Waals surface area contributed by atoms with Crippen LogP contribution < -0.4 is 0 Å². The molecule has 9 aromatic heterocycles. The summed E-state index contributed by atoms with van der Waals surface area (Å²) in [7, 11) is 0. The summed E-state index contributed by atoms with van der Waals surface area (Å²) in [6.07, 6.45) is 1.80. The van der Waals surface area contributed by atoms with Crippen molar-refractivity contribution in [1.82, 2.24) is 53.6 Å². The molecule has 0 N–H and O–H groups in total. The zero-order valence-corrected chi connectivity index (χ0v) is 78.7. The SMILES string of the molecule is c1ccc(-c2cc(-c3ccc4ccccc4n3)nc(-c3ccc(-n4c5ccccc5c5cc6ccccc6cc54)c4ccccc34)n2)cc1.c1ccc(-c2cc(-c3cccc4c3oc3ccccc34)nc(-c3ccc(-n4c5ccccc5c5cc6ccccc6cc54)c4ccccc34)n2)cc1.c1ccc(-c2cc(-c3ccccn3)nc(-c3ccc(-n4c5ccccc5c5cc6ccccc6cc54)c4ccccc34)n2)cc1. The molecular weight excluding hydrogens is 1780 g/mol. The summed E-state index contributed by atoms with van der Waals surface area (Å²) in [5.74, 6) is 2.01. The molecule has 30 rings (SSSR count). The molecule has 0 aliphatic heterocycles. The number of hydrogen-bond acceptors (Lipinski definition) is 9. The highest BCUT2D eigenvalue weighted by molar-refractivity contribution is 6.19. The van der Waals surface area contributed by atoms with Crippen molar-refractivity contribution >= 4 is 163 Å². The van der Waals surface area contributed by atoms with Crippen LogP contribution in [0.2, 0.25) is 0 Å². The highest BCUT2D eigenvalue weighted by Gasteiger charge is 2.26. The Labute approximate surface area is 837 Å². The number of para-hydroxylation sites is 6. The van der Waals surface area contributed by atoms with Gasteiger partial charge in [0.05, 0.1) is 101 Å². The Morgan fingerprint density at radius 3 is 0.918 bits per heavy atom. The largest absolute Gasteiger partial charge is 0.455 e. The zero-order valence-electron chi connectivity index (χ0n) is 78.7. The average Bonchev–Trinajstić information content (AvgIpc) is 1.57. The molecule has 30 aromatic rings. The summed E-state index contributed by atoms with van der Waals surface area (Å²) in [5, 5.41) is 24.8. The summed E-state index contributed by atoms with van der Waals surface area (Å²) in [4.78, 5) is 40.8. The topological polar surface area (TPSA) is 131 Å². The smallest absolute Gasteiger partial charge is 0.161 e. The second kappa shape index (κ2) is 35.2. The van der Waals surface area contributed by atoms with Crippen molar-refractivity contribution in [3.63, 3.8) is 0 Å². The average molecular weight is 1860 g/mol. The molecule has 0 amide bonds. The monoisotopic (exact) mass is 1860 g/mol. The number of aromatic nitrogens is 11. The number of hydrogen-bond donors (Lipinski definition) is 0. The van der Waals surface area contributed by atoms with E-state index in [1.54, 1.807) is 6.20 Å². The molecule has 146 heavy (non-hydrogen) atoms. The lowest BCUT2D eigenvalue weighted by Gasteiger charge is -2.15. The van der Waals surface area contributed by atoms with Crippen molar-refractivity contribution in [2.75, 3.05) is 0 Å². The number of pyridine rings is 2. The van der Waals surface area contributed by atoms with Gasteiger partial charge < -0.3 is 18.1 Å². The van der Waals surface area contributed by atoms with Crippen molar-refractivity contribution in [2.24, 2.45) is 0 Å². The first-order chi connectivity index (χ1) is 72.4. The molecule has 0 bridgehead atoms. The zero-order chi connectivity index (χ0) is 96.2. The van der Waals surface area contributed by atoms with Crippen molar-refractivity contribution in [3.8, 4) is 119 Å². The number of benzene rings is 21. The fourth-order valence-electron chi connectivity index (χ4n) is 21.8. The van der Waals surface area contributed by atoms with E-state index in [1.165, 1.54) is 97.7 Å². The quantitative estimate of drug-likeness (QED) is 0.117. The van der Waals surface area contributed by atoms with E-state index in [0.717, 1.165) is 167 Å². The van der Waals surface area contributed by atoms with Gasteiger partial charge in [-0.2, -0.15) is 0 Å². The van der Waals surface area contributed by atoms with E-state index in [1.807, 2.05) is 97.1 Å². The fraction of sp³-hybridized carbons (Fsp3) is 0. The minimum Gasteiger partial charge on any atom is -0.455 e. The summed E-state index contributed by atoms with van der Waals surface area (Å²) >= 11 is 0. The summed E-state index contributed by atoms with van der Waals surface area (Å²) in [5.41, 5.74) is 26.7. The fourth-order valence-corrected chi connectivity index (χ4v) is 21.8. The van der Waals surface area contributed by atoms with E-state index in [0.29, 0.717) is 17.5 Å². The maximum atomic E-state index is 6.49. The van der Waals surface area contributed by atoms with Crippen LogP contribution in [-0.4, -0.2) is 53.6 Å². The van der Waals surface area contributed by atoms with Gasteiger partial charge in [0.2, 0.25) is 0 Å². The number of rotatable bonds is 12. The molecule has 21 aromatic carbocycles. The van der Waals surface area contributed by atoms with E-state index < -0.39 is 0 Å². The number of furan rings is 1. The van der Waals surface area contributed by atoms with Crippen LogP contribution in [0.15, 0.2) is 508 Å². The van der Waals surface area contributed by atoms with Gasteiger partial charge in [0.15, 0.2) is 17.5 Å². The Morgan fingerprint density at radius 2 is 0.493 bits per heavy atom. The highest BCUT2D eigenvalue weighted by Crippen LogP contribution is 2.47. The first-order valence-corrected chi connectivity index (χ1v) is 49.2. The van der Waals surface area contributed by atoms with Crippen molar-refractivity contribution in [1.29, 1.82) is 0 Å². The van der Waals surface area contributed by atoms with Gasteiger partial charge in [-0.1, -0.05) is 352 Å². The molecule has 0 unspecified atom stereocenters. The lowest BCUT2D eigenvalue weighted by Crippen LogP contribution is -2.00. The Kier molecular flexibility index (Phi) is 20.3. The first kappa shape index (κ1) is 84.3. The Balaban J connectivity index is 0.000000106. The minimum absolute atomic E-state index is 0.667. The van der Waals surface area contributed by atoms with Crippen LogP contribution >= 0.6 is 0 Å². The molecule has 0 spiro atoms. The number of nitrogens with zero attached hydrogens (tertiary/aromatic N) is 11. The molecule has 12 nitrogen and oxygen atoms in total. The standard InChI is InChI=1S/C48H29N3O.C45H28N4.C41H26N4/c1-2-13-30(14-3-1)41-29-42(39-22-12-21-37-36-20-9-11-24-46(36)52-47(37)39)50-48(49-41)38-25-26-44(34-18-7-6-17-33(34)38)51-43-23-10-8-19-35(43)40-27-31-15-4-5-16-32(31)28-45(40)51;1-2-12-29(13-3-1)40-28-41(39-24-22-30-14-6-10-20-38(30)46-39)48-45(47-40)36-23-25-43(34-18-8-7-17-33(34)36)49-42-21-11-9-19-35(42)37-26-31-15-4-5-16-32(31)27-44(37)49;1-2-12-27(13-3-1)36-26-37(35-19-10-11-23-42-35)44-41(43-36)33-21-22-39(31-17-7-6-16-30(31)33)45-38-20-9-8-18-32(38)34-24-28-14-4-5-15-29(28)25-40(34)45/h1-29H;1-28H;1-26H. The second-order valence-corrected chi connectivity index (χ2v) is 37.1. The number of fused-ring (bicyclic) bond motifs is 19. The first-order valence-electron chi connectivity index (χ1n) is 49.2. The molecule has 0 fully saturated rings. The molecule has 0 aliphatic carbocycles. The van der Waals surface area contributed by atoms with Gasteiger partial charge in [0.25, 0.3) is 0 Å². The van der Waals surface area contributed by atoms with Gasteiger partial charge in [-0.25, -0.2) is 34.9 Å². The van der Waals surface area contributed by atoms with Gasteiger partial charge in [-0.3, -0.25) is 4.98 Å². The molecule has 0 atom stereocenters. The van der Waals surface area contributed by atoms with Gasteiger partial charge in [0, 0.05) is 110 Å². The van der Waals surface area contributed by atoms with E-state index in [9.17, 15) is 0 Å². The maximum Gasteiger partial charge on any atom is 0.161 e. The molecule has 0 saturated carbocycles. The van der Waals surface area contributed by atoms with E-state index in [2.05, 4.69) is 419 Å². The second-order valence-electron chi connectivity index (χ2n) is 37.1. The van der Waals surface area contributed by atoms with E-state index in [-0.39, 0.29) is 0 Å². The third kappa shape index (κ3) is 14.6. The molecule has 0 radical (unpaired) electrons. The Bertz CT molecular complexity index is 10400. The molecule has 0 saturated heterocycles. The van der Waals surface area contributed by atoms with Crippen LogP contribution in [0.5, 0.6) is 0 Å². The summed E-state index contributed by atoms with van der Waals surface area (Å²) in [6.45, 7) is 0. The summed E-state index contributed by atoms with van der Waals surface area (Å²) in [6, 6.07) is 175. The highest BCUT2D eigenvalue weighted by atomic mass is 16.3. The van der Waals surface area contributed by atoms with E-state index in [4.69, 9.17) is 39.3 Å². The van der Waals surface area contributed by atoms with Gasteiger partial charge in [-0.15, -0.1) is 0 Å². The molecule has 0 aliphatic rings. The van der Waals surface area contributed by atoms with Crippen LogP contribution in [0, 0.1) is 0 Å². The normalized spacial score (nSPS) is 11.7. The predicted octanol–water partition coefficient (Wildman–Crippen LogP) is 34.5. The predicted molar refractivity (Wildman–Crippen MR) is 603 cm³/mol. The van der Waals surface area contributed by atoms with Crippen LogP contribution in [-0.2, 0) is 0 Å². The van der Waals surface area contributed by atoms with Gasteiger partial charge in [-0.05, 0) is 194 Å². The molecular formula is C134H83N11O. The van der Waals surface area contributed by atoms with Gasteiger partial charge in [0.1, 0.15) is 11.2 Å². The Hall–Kier alpha value is -19.8. The maximum absolute atomic E-state index is 6.49. The van der Waals surface area contributed by atoms with Crippen LogP contribution in [0.1, 0.15) is 0 Å². The lowest BCUT2D eigenvalue weighted by molar-refractivity contribution is 0.670.